The number of nitrogens with one attached hydrogen (secondary N) is 2. The average Bonchev–Trinajstić information content (AvgIpc) is 3.09. The van der Waals surface area contributed by atoms with Gasteiger partial charge >= 0.3 is 6.01 Å². The Balaban J connectivity index is 1.30. The first-order valence-electron chi connectivity index (χ1n) is 9.43. The van der Waals surface area contributed by atoms with Gasteiger partial charge in [0.15, 0.2) is 0 Å². The molecule has 1 aromatic carbocycles. The molecule has 10 heteroatoms. The number of aromatic nitrogens is 5. The molecule has 0 bridgehead atoms. The van der Waals surface area contributed by atoms with Crippen molar-refractivity contribution in [1.82, 2.24) is 30.5 Å². The van der Waals surface area contributed by atoms with Gasteiger partial charge in [-0.1, -0.05) is 21.9 Å². The highest BCUT2D eigenvalue weighted by Crippen LogP contribution is 2.53. The highest BCUT2D eigenvalue weighted by Gasteiger charge is 2.45. The van der Waals surface area contributed by atoms with Crippen molar-refractivity contribution in [2.45, 2.75) is 38.6 Å². The molecule has 1 saturated carbocycles. The van der Waals surface area contributed by atoms with E-state index in [4.69, 9.17) is 16.0 Å². The SMILES string of the molecule is C[C@H](Nc1nnc(-c2c(Cl)ccc3nn[nH]c23)o1)C(=O)N1CCC2(CC1)CC2. The normalized spacial score (nSPS) is 19.1. The van der Waals surface area contributed by atoms with Crippen LogP contribution in [0, 0.1) is 5.41 Å². The van der Waals surface area contributed by atoms with Crippen LogP contribution in [0.2, 0.25) is 5.02 Å². The van der Waals surface area contributed by atoms with E-state index in [2.05, 4.69) is 30.9 Å². The zero-order valence-corrected chi connectivity index (χ0v) is 16.2. The number of likely N-dealkylation sites (tertiary alicyclic amines) is 1. The summed E-state index contributed by atoms with van der Waals surface area (Å²) in [6, 6.07) is 3.17. The predicted molar refractivity (Wildman–Crippen MR) is 103 cm³/mol. The third kappa shape index (κ3) is 2.99. The van der Waals surface area contributed by atoms with E-state index in [-0.39, 0.29) is 17.8 Å². The minimum absolute atomic E-state index is 0.0492. The van der Waals surface area contributed by atoms with Gasteiger partial charge in [-0.05, 0) is 50.2 Å². The smallest absolute Gasteiger partial charge is 0.316 e. The number of H-pyrrole nitrogens is 1. The number of anilines is 1. The van der Waals surface area contributed by atoms with Gasteiger partial charge in [-0.25, -0.2) is 0 Å². The fourth-order valence-electron chi connectivity index (χ4n) is 3.88. The van der Waals surface area contributed by atoms with Gasteiger partial charge in [-0.15, -0.1) is 10.2 Å². The number of aromatic amines is 1. The van der Waals surface area contributed by atoms with E-state index in [9.17, 15) is 4.79 Å². The lowest BCUT2D eigenvalue weighted by Crippen LogP contribution is -2.45. The standard InChI is InChI=1S/C18H20ClN7O2/c1-10(16(27)26-8-6-18(4-5-18)7-9-26)20-17-24-23-15(28-17)13-11(19)2-3-12-14(13)22-25-21-12/h2-3,10H,4-9H2,1H3,(H,20,24)(H,21,22,25)/t10-/m0/s1. The van der Waals surface area contributed by atoms with Gasteiger partial charge in [-0.2, -0.15) is 0 Å². The number of fused-ring (bicyclic) bond motifs is 1. The summed E-state index contributed by atoms with van der Waals surface area (Å²) in [6.07, 6.45) is 4.84. The first-order valence-corrected chi connectivity index (χ1v) is 9.81. The van der Waals surface area contributed by atoms with Gasteiger partial charge in [0.2, 0.25) is 5.91 Å². The number of hydrogen-bond acceptors (Lipinski definition) is 7. The Bertz CT molecular complexity index is 1030. The van der Waals surface area contributed by atoms with Gasteiger partial charge in [-0.3, -0.25) is 9.89 Å². The molecule has 9 nitrogen and oxygen atoms in total. The summed E-state index contributed by atoms with van der Waals surface area (Å²) in [4.78, 5) is 14.7. The van der Waals surface area contributed by atoms with Crippen molar-refractivity contribution in [2.24, 2.45) is 5.41 Å². The molecule has 2 aliphatic rings. The van der Waals surface area contributed by atoms with E-state index in [0.29, 0.717) is 27.0 Å². The molecule has 1 aliphatic heterocycles. The number of carbonyl (C=O) groups excluding carboxylic acids is 1. The average molecular weight is 402 g/mol. The van der Waals surface area contributed by atoms with E-state index in [1.165, 1.54) is 12.8 Å². The van der Waals surface area contributed by atoms with Gasteiger partial charge in [0.1, 0.15) is 11.6 Å². The predicted octanol–water partition coefficient (Wildman–Crippen LogP) is 2.86. The molecule has 2 N–H and O–H groups in total. The van der Waals surface area contributed by atoms with E-state index in [0.717, 1.165) is 25.9 Å². The summed E-state index contributed by atoms with van der Waals surface area (Å²) in [5, 5.41) is 22.1. The molecule has 1 amide bonds. The molecule has 0 unspecified atom stereocenters. The molecule has 2 fully saturated rings. The lowest BCUT2D eigenvalue weighted by atomic mass is 9.93. The quantitative estimate of drug-likeness (QED) is 0.691. The molecule has 1 aliphatic carbocycles. The van der Waals surface area contributed by atoms with E-state index in [1.807, 2.05) is 4.90 Å². The van der Waals surface area contributed by atoms with Crippen LogP contribution in [0.4, 0.5) is 6.01 Å². The van der Waals surface area contributed by atoms with E-state index >= 15 is 0 Å². The van der Waals surface area contributed by atoms with Crippen molar-refractivity contribution in [2.75, 3.05) is 18.4 Å². The highest BCUT2D eigenvalue weighted by atomic mass is 35.5. The van der Waals surface area contributed by atoms with Gasteiger partial charge in [0.25, 0.3) is 5.89 Å². The van der Waals surface area contributed by atoms with Crippen molar-refractivity contribution in [3.63, 3.8) is 0 Å². The number of halogens is 1. The fraction of sp³-hybridized carbons (Fsp3) is 0.500. The second kappa shape index (κ2) is 6.44. The van der Waals surface area contributed by atoms with Crippen LogP contribution in [0.5, 0.6) is 0 Å². The Morgan fingerprint density at radius 2 is 2.04 bits per heavy atom. The van der Waals surface area contributed by atoms with Crippen LogP contribution in [0.1, 0.15) is 32.6 Å². The second-order valence-electron chi connectivity index (χ2n) is 7.73. The maximum Gasteiger partial charge on any atom is 0.316 e. The summed E-state index contributed by atoms with van der Waals surface area (Å²) in [6.45, 7) is 3.45. The maximum absolute atomic E-state index is 12.7. The third-order valence-electron chi connectivity index (χ3n) is 5.89. The number of hydrogen-bond donors (Lipinski definition) is 2. The fourth-order valence-corrected chi connectivity index (χ4v) is 4.12. The number of piperidine rings is 1. The molecule has 3 aromatic rings. The van der Waals surface area contributed by atoms with Gasteiger partial charge in [0, 0.05) is 13.1 Å². The van der Waals surface area contributed by atoms with Gasteiger partial charge in [0.05, 0.1) is 16.1 Å². The molecular weight excluding hydrogens is 382 g/mol. The Morgan fingerprint density at radius 1 is 1.25 bits per heavy atom. The van der Waals surface area contributed by atoms with Crippen LogP contribution in [-0.4, -0.2) is 55.5 Å². The first-order chi connectivity index (χ1) is 13.5. The van der Waals surface area contributed by atoms with E-state index in [1.54, 1.807) is 19.1 Å². The summed E-state index contributed by atoms with van der Waals surface area (Å²) in [5.41, 5.74) is 2.34. The summed E-state index contributed by atoms with van der Waals surface area (Å²) < 4.78 is 5.72. The Hall–Kier alpha value is -2.68. The maximum atomic E-state index is 12.7. The molecule has 146 valence electrons. The zero-order valence-electron chi connectivity index (χ0n) is 15.4. The van der Waals surface area contributed by atoms with Crippen LogP contribution < -0.4 is 5.32 Å². The number of carbonyl (C=O) groups is 1. The Morgan fingerprint density at radius 3 is 2.79 bits per heavy atom. The molecule has 0 radical (unpaired) electrons. The molecule has 5 rings (SSSR count). The van der Waals surface area contributed by atoms with E-state index < -0.39 is 6.04 Å². The monoisotopic (exact) mass is 401 g/mol. The largest absolute Gasteiger partial charge is 0.403 e. The van der Waals surface area contributed by atoms with Crippen LogP contribution in [0.3, 0.4) is 0 Å². The van der Waals surface area contributed by atoms with Crippen LogP contribution in [0.15, 0.2) is 16.5 Å². The molecule has 1 saturated heterocycles. The molecule has 3 heterocycles. The minimum atomic E-state index is -0.457. The summed E-state index contributed by atoms with van der Waals surface area (Å²) in [5.74, 6) is 0.283. The van der Waals surface area contributed by atoms with Crippen molar-refractivity contribution in [1.29, 1.82) is 0 Å². The lowest BCUT2D eigenvalue weighted by Gasteiger charge is -2.33. The summed E-state index contributed by atoms with van der Waals surface area (Å²) >= 11 is 6.31. The number of amides is 1. The minimum Gasteiger partial charge on any atom is -0.403 e. The van der Waals surface area contributed by atoms with Crippen LogP contribution >= 0.6 is 11.6 Å². The van der Waals surface area contributed by atoms with Crippen molar-refractivity contribution in [3.8, 4) is 11.5 Å². The van der Waals surface area contributed by atoms with Crippen molar-refractivity contribution < 1.29 is 9.21 Å². The molecule has 2 aromatic heterocycles. The van der Waals surface area contributed by atoms with Gasteiger partial charge < -0.3 is 14.6 Å². The second-order valence-corrected chi connectivity index (χ2v) is 8.14. The molecular formula is C18H20ClN7O2. The first kappa shape index (κ1) is 17.4. The zero-order chi connectivity index (χ0) is 19.3. The molecule has 1 atom stereocenters. The summed E-state index contributed by atoms with van der Waals surface area (Å²) in [7, 11) is 0. The molecule has 28 heavy (non-hydrogen) atoms. The van der Waals surface area contributed by atoms with Crippen LogP contribution in [-0.2, 0) is 4.79 Å². The van der Waals surface area contributed by atoms with Crippen LogP contribution in [0.25, 0.3) is 22.5 Å². The lowest BCUT2D eigenvalue weighted by molar-refractivity contribution is -0.133. The number of nitrogens with zero attached hydrogens (tertiary/aromatic N) is 5. The number of rotatable bonds is 4. The topological polar surface area (TPSA) is 113 Å². The number of benzene rings is 1. The van der Waals surface area contributed by atoms with Crippen molar-refractivity contribution in [3.05, 3.63) is 17.2 Å². The molecule has 1 spiro atoms. The third-order valence-corrected chi connectivity index (χ3v) is 6.21. The highest BCUT2D eigenvalue weighted by molar-refractivity contribution is 6.34. The Kier molecular flexibility index (Phi) is 4.01. The Labute approximate surface area is 165 Å². The van der Waals surface area contributed by atoms with Crippen molar-refractivity contribution >= 4 is 34.6 Å².